The lowest BCUT2D eigenvalue weighted by Crippen LogP contribution is -2.42. The second kappa shape index (κ2) is 12.4. The monoisotopic (exact) mass is 729 g/mol. The lowest BCUT2D eigenvalue weighted by atomic mass is 9.56. The van der Waals surface area contributed by atoms with Gasteiger partial charge < -0.3 is 4.90 Å². The number of nitrogens with zero attached hydrogens (tertiary/aromatic N) is 1. The summed E-state index contributed by atoms with van der Waals surface area (Å²) in [6.07, 6.45) is 0. The van der Waals surface area contributed by atoms with Gasteiger partial charge in [-0.3, -0.25) is 0 Å². The molecule has 0 saturated heterocycles. The van der Waals surface area contributed by atoms with Crippen LogP contribution in [-0.4, -0.2) is 0 Å². The highest BCUT2D eigenvalue weighted by atomic mass is 15.1. The molecular formula is C56H43N. The van der Waals surface area contributed by atoms with Gasteiger partial charge in [-0.05, 0) is 141 Å². The van der Waals surface area contributed by atoms with Crippen molar-refractivity contribution in [3.63, 3.8) is 0 Å². The molecule has 1 aliphatic rings. The van der Waals surface area contributed by atoms with E-state index in [2.05, 4.69) is 221 Å². The van der Waals surface area contributed by atoms with Gasteiger partial charge in [-0.2, -0.15) is 0 Å². The Kier molecular flexibility index (Phi) is 7.32. The number of hydrogen-bond donors (Lipinski definition) is 0. The third-order valence-electron chi connectivity index (χ3n) is 13.5. The molecule has 1 aliphatic carbocycles. The van der Waals surface area contributed by atoms with Gasteiger partial charge in [0.05, 0.1) is 5.69 Å². The van der Waals surface area contributed by atoms with Gasteiger partial charge >= 0.3 is 0 Å². The van der Waals surface area contributed by atoms with E-state index in [1.165, 1.54) is 87.2 Å². The zero-order valence-corrected chi connectivity index (χ0v) is 32.8. The standard InChI is InChI=1S/C56H43N/c1-55(2)50-26-15-16-36-28-29-39-32-40(35-51(56(55,3)4)54(39)53(36)50)37-17-14-20-42(33-37)57(41-18-6-5-7-19-41)52-27-13-12-21-43(52)38-30-31-48-46-24-9-8-22-44(46)45-23-10-11-25-47(45)49(48)34-38/h5-35H,1-4H3. The van der Waals surface area contributed by atoms with Crippen molar-refractivity contribution in [3.05, 3.63) is 199 Å². The first kappa shape index (κ1) is 33.6. The summed E-state index contributed by atoms with van der Waals surface area (Å²) in [5, 5.41) is 13.2. The van der Waals surface area contributed by atoms with E-state index in [9.17, 15) is 0 Å². The number of anilines is 3. The summed E-state index contributed by atoms with van der Waals surface area (Å²) in [4.78, 5) is 2.43. The van der Waals surface area contributed by atoms with Crippen molar-refractivity contribution in [2.24, 2.45) is 0 Å². The first-order chi connectivity index (χ1) is 27.8. The Bertz CT molecular complexity index is 3200. The molecule has 0 bridgehead atoms. The smallest absolute Gasteiger partial charge is 0.0540 e. The van der Waals surface area contributed by atoms with Gasteiger partial charge in [0.25, 0.3) is 0 Å². The van der Waals surface area contributed by atoms with E-state index in [0.717, 1.165) is 17.1 Å². The minimum absolute atomic E-state index is 0.0375. The van der Waals surface area contributed by atoms with E-state index < -0.39 is 0 Å². The quantitative estimate of drug-likeness (QED) is 0.159. The minimum atomic E-state index is -0.0754. The fourth-order valence-corrected chi connectivity index (χ4v) is 9.91. The summed E-state index contributed by atoms with van der Waals surface area (Å²) in [5.41, 5.74) is 11.0. The molecule has 0 spiro atoms. The van der Waals surface area contributed by atoms with Gasteiger partial charge in [0.15, 0.2) is 0 Å². The van der Waals surface area contributed by atoms with E-state index in [4.69, 9.17) is 0 Å². The summed E-state index contributed by atoms with van der Waals surface area (Å²) in [7, 11) is 0. The zero-order valence-electron chi connectivity index (χ0n) is 32.8. The predicted molar refractivity (Wildman–Crippen MR) is 246 cm³/mol. The second-order valence-electron chi connectivity index (χ2n) is 16.9. The molecule has 10 aromatic carbocycles. The third kappa shape index (κ3) is 4.95. The average molecular weight is 730 g/mol. The Morgan fingerprint density at radius 2 is 0.912 bits per heavy atom. The number of para-hydroxylation sites is 2. The summed E-state index contributed by atoms with van der Waals surface area (Å²) in [6.45, 7) is 9.71. The molecule has 272 valence electrons. The lowest BCUT2D eigenvalue weighted by molar-refractivity contribution is 0.304. The molecule has 1 nitrogen and oxygen atoms in total. The molecule has 10 aromatic rings. The van der Waals surface area contributed by atoms with Crippen LogP contribution in [0.1, 0.15) is 38.8 Å². The molecule has 0 amide bonds. The van der Waals surface area contributed by atoms with Crippen LogP contribution in [0.15, 0.2) is 188 Å². The van der Waals surface area contributed by atoms with Crippen molar-refractivity contribution >= 4 is 70.9 Å². The molecule has 0 radical (unpaired) electrons. The van der Waals surface area contributed by atoms with Gasteiger partial charge in [0.1, 0.15) is 0 Å². The van der Waals surface area contributed by atoms with Crippen LogP contribution in [0.3, 0.4) is 0 Å². The van der Waals surface area contributed by atoms with Crippen LogP contribution in [0.2, 0.25) is 0 Å². The van der Waals surface area contributed by atoms with Gasteiger partial charge in [-0.25, -0.2) is 0 Å². The maximum atomic E-state index is 2.49. The minimum Gasteiger partial charge on any atom is -0.310 e. The topological polar surface area (TPSA) is 3.24 Å². The normalized spacial score (nSPS) is 14.2. The van der Waals surface area contributed by atoms with Crippen molar-refractivity contribution in [1.29, 1.82) is 0 Å². The Hall–Kier alpha value is -6.70. The van der Waals surface area contributed by atoms with Crippen molar-refractivity contribution < 1.29 is 0 Å². The molecule has 0 atom stereocenters. The lowest BCUT2D eigenvalue weighted by Gasteiger charge is -2.47. The maximum absolute atomic E-state index is 2.49. The van der Waals surface area contributed by atoms with Crippen LogP contribution in [0, 0.1) is 0 Å². The molecule has 0 unspecified atom stereocenters. The van der Waals surface area contributed by atoms with E-state index >= 15 is 0 Å². The zero-order chi connectivity index (χ0) is 38.5. The summed E-state index contributed by atoms with van der Waals surface area (Å²) < 4.78 is 0. The Labute approximate surface area is 334 Å². The number of hydrogen-bond acceptors (Lipinski definition) is 1. The summed E-state index contributed by atoms with van der Waals surface area (Å²) >= 11 is 0. The van der Waals surface area contributed by atoms with E-state index in [-0.39, 0.29) is 10.8 Å². The maximum Gasteiger partial charge on any atom is 0.0540 e. The van der Waals surface area contributed by atoms with Crippen molar-refractivity contribution in [2.45, 2.75) is 38.5 Å². The van der Waals surface area contributed by atoms with Crippen LogP contribution in [-0.2, 0) is 10.8 Å². The van der Waals surface area contributed by atoms with E-state index in [1.54, 1.807) is 0 Å². The van der Waals surface area contributed by atoms with Crippen LogP contribution < -0.4 is 4.90 Å². The molecule has 0 fully saturated rings. The number of benzene rings is 10. The third-order valence-corrected chi connectivity index (χ3v) is 13.5. The van der Waals surface area contributed by atoms with Gasteiger partial charge in [-0.1, -0.05) is 167 Å². The molecule has 1 heteroatoms. The molecule has 57 heavy (non-hydrogen) atoms. The molecule has 0 heterocycles. The number of fused-ring (bicyclic) bond motifs is 6. The summed E-state index contributed by atoms with van der Waals surface area (Å²) in [6, 6.07) is 69.9. The van der Waals surface area contributed by atoms with Gasteiger partial charge in [0.2, 0.25) is 0 Å². The predicted octanol–water partition coefficient (Wildman–Crippen LogP) is 15.8. The van der Waals surface area contributed by atoms with E-state index in [0.29, 0.717) is 0 Å². The van der Waals surface area contributed by atoms with Gasteiger partial charge in [-0.15, -0.1) is 0 Å². The molecular weight excluding hydrogens is 687 g/mol. The SMILES string of the molecule is CC1(C)c2cccc3ccc4cc(-c5cccc(N(c6ccccc6)c6ccccc6-c6ccc7c8ccccc8c8ccccc8c7c6)c5)cc(c4c23)C1(C)C. The van der Waals surface area contributed by atoms with Crippen molar-refractivity contribution in [3.8, 4) is 22.3 Å². The highest BCUT2D eigenvalue weighted by Crippen LogP contribution is 2.54. The largest absolute Gasteiger partial charge is 0.310 e. The van der Waals surface area contributed by atoms with Crippen LogP contribution in [0.25, 0.3) is 76.1 Å². The second-order valence-corrected chi connectivity index (χ2v) is 16.9. The fourth-order valence-electron chi connectivity index (χ4n) is 9.91. The Balaban J connectivity index is 1.10. The van der Waals surface area contributed by atoms with Crippen molar-refractivity contribution in [2.75, 3.05) is 4.90 Å². The van der Waals surface area contributed by atoms with Crippen LogP contribution in [0.4, 0.5) is 17.1 Å². The number of rotatable bonds is 5. The highest BCUT2D eigenvalue weighted by molar-refractivity contribution is 6.26. The van der Waals surface area contributed by atoms with Crippen LogP contribution >= 0.6 is 0 Å². The van der Waals surface area contributed by atoms with Gasteiger partial charge in [0, 0.05) is 16.9 Å². The fraction of sp³-hybridized carbons (Fsp3) is 0.107. The average Bonchev–Trinajstić information content (AvgIpc) is 3.26. The molecule has 0 N–H and O–H groups in total. The first-order valence-corrected chi connectivity index (χ1v) is 20.2. The highest BCUT2D eigenvalue weighted by Gasteiger charge is 2.45. The molecule has 0 aromatic heterocycles. The van der Waals surface area contributed by atoms with E-state index in [1.807, 2.05) is 0 Å². The van der Waals surface area contributed by atoms with Crippen molar-refractivity contribution in [1.82, 2.24) is 0 Å². The molecule has 11 rings (SSSR count). The first-order valence-electron chi connectivity index (χ1n) is 20.2. The molecule has 0 aliphatic heterocycles. The Morgan fingerprint density at radius 3 is 1.67 bits per heavy atom. The molecule has 0 saturated carbocycles. The summed E-state index contributed by atoms with van der Waals surface area (Å²) in [5.74, 6) is 0. The van der Waals surface area contributed by atoms with Crippen LogP contribution in [0.5, 0.6) is 0 Å². The Morgan fingerprint density at radius 1 is 0.333 bits per heavy atom.